The zero-order valence-corrected chi connectivity index (χ0v) is 54.8. The van der Waals surface area contributed by atoms with E-state index >= 15 is 0 Å². The first kappa shape index (κ1) is 113. The molecule has 6 bridgehead atoms. The molecule has 7 saturated carbocycles. The molecule has 7 aliphatic rings. The summed E-state index contributed by atoms with van der Waals surface area (Å²) in [6.45, 7) is 29.3. The van der Waals surface area contributed by atoms with E-state index in [1.165, 1.54) is 39.9 Å². The van der Waals surface area contributed by atoms with E-state index < -0.39 is 39.6 Å². The number of fused-ring (bicyclic) bond motifs is 2. The lowest BCUT2D eigenvalue weighted by Crippen LogP contribution is -2.67. The van der Waals surface area contributed by atoms with Gasteiger partial charge < -0.3 is 54.3 Å². The summed E-state index contributed by atoms with van der Waals surface area (Å²) >= 11 is 0. The fourth-order valence-electron chi connectivity index (χ4n) is 11.1. The molecule has 18 heteroatoms. The number of ether oxygens (including phenoxy) is 5. The molecule has 0 amide bonds. The Morgan fingerprint density at radius 2 is 0.796 bits per heavy atom. The number of aliphatic hydroxyl groups excluding tert-OH is 2. The maximum Gasteiger partial charge on any atom is 0.312 e. The van der Waals surface area contributed by atoms with Gasteiger partial charge in [-0.25, -0.2) is 0 Å². The van der Waals surface area contributed by atoms with Gasteiger partial charge in [-0.1, -0.05) is 141 Å². The quantitative estimate of drug-likeness (QED) is 0.0354. The second kappa shape index (κ2) is 52.3. The van der Waals surface area contributed by atoms with Crippen molar-refractivity contribution < 1.29 is 87.9 Å². The number of carbonyl (C=O) groups is 7. The van der Waals surface area contributed by atoms with Crippen molar-refractivity contribution in [3.8, 4) is 0 Å². The van der Waals surface area contributed by atoms with Crippen LogP contribution in [0.2, 0.25) is 0 Å². The highest BCUT2D eigenvalue weighted by molar-refractivity contribution is 5.77. The average molecular weight is 1350 g/mol. The van der Waals surface area contributed by atoms with Crippen LogP contribution in [0.15, 0.2) is 0 Å². The molecule has 6 N–H and O–H groups in total. The van der Waals surface area contributed by atoms with Crippen molar-refractivity contribution >= 4 is 41.8 Å². The second-order valence-electron chi connectivity index (χ2n) is 27.6. The van der Waals surface area contributed by atoms with Crippen LogP contribution in [0.1, 0.15) is 332 Å². The second-order valence-corrected chi connectivity index (χ2v) is 27.6. The number of rotatable bonds is 21. The topological polar surface area (TPSA) is 287 Å². The van der Waals surface area contributed by atoms with Gasteiger partial charge in [0.1, 0.15) is 12.2 Å². The Morgan fingerprint density at radius 1 is 0.419 bits per heavy atom. The summed E-state index contributed by atoms with van der Waals surface area (Å²) in [4.78, 5) is 77.7. The normalized spacial score (nSPS) is 22.2. The highest BCUT2D eigenvalue weighted by atomic mass is 16.6. The predicted octanol–water partition coefficient (Wildman–Crippen LogP) is 18.4. The Hall–Kier alpha value is -3.87. The van der Waals surface area contributed by atoms with Gasteiger partial charge in [0.15, 0.2) is 0 Å². The molecule has 7 rings (SSSR count). The third-order valence-corrected chi connectivity index (χ3v) is 18.4. The van der Waals surface area contributed by atoms with Gasteiger partial charge in [0.05, 0.1) is 77.5 Å². The summed E-state index contributed by atoms with van der Waals surface area (Å²) in [7, 11) is 2.83. The number of carboxylic acids is 2. The fraction of sp³-hybridized carbons (Fsp3) is 0.907. The highest BCUT2D eigenvalue weighted by Crippen LogP contribution is 2.61. The van der Waals surface area contributed by atoms with Crippen LogP contribution in [0, 0.1) is 56.7 Å². The summed E-state index contributed by atoms with van der Waals surface area (Å²) in [6, 6.07) is 0. The van der Waals surface area contributed by atoms with E-state index in [-0.39, 0.29) is 158 Å². The van der Waals surface area contributed by atoms with Gasteiger partial charge in [0.25, 0.3) is 0 Å². The predicted molar refractivity (Wildman–Crippen MR) is 387 cm³/mol. The molecule has 0 radical (unpaired) electrons. The van der Waals surface area contributed by atoms with Crippen molar-refractivity contribution in [3.63, 3.8) is 0 Å². The number of aliphatic carboxylic acids is 2. The summed E-state index contributed by atoms with van der Waals surface area (Å²) < 4.78 is 24.9. The lowest BCUT2D eigenvalue weighted by Gasteiger charge is -2.62. The van der Waals surface area contributed by atoms with Crippen molar-refractivity contribution in [1.29, 1.82) is 0 Å². The molecule has 7 fully saturated rings. The van der Waals surface area contributed by atoms with Crippen molar-refractivity contribution in [1.82, 2.24) is 0 Å². The van der Waals surface area contributed by atoms with Gasteiger partial charge in [-0.3, -0.25) is 33.6 Å². The standard InChI is InChI=1S/C16H26O4.C12H24O3.C8H16O3.C8H12O2.C7H12O2.2C7H14O2.10CH4/c1-4-13(2,3)12(17)20-16-7-11-5-14(18,9-16)8-15(19,6-11)10-16;1-4-12(2,3)11(14)15-10-8-6-5-7-9-13;1-4-8(2,3)7(10)11-6-5-9;9-8(10)7-4-5-1-2-6(7)3-5;8-7(9)6-4-2-1-3-5-6;2*1-5-7(2,3)6(8)9-4;;;;;;;;;;/h11,18-19H,4-10H2,1-3H3;13H,4-10H2,1-3H3;9H,4-6H2,1-3H3;5-7H,1-4H2,(H,9,10);6H,1-5H2,(H,8,9);2*5H2,1-4H3;10*1H4. The first-order valence-electron chi connectivity index (χ1n) is 31.2. The molecule has 0 aliphatic heterocycles. The number of hydrogen-bond donors (Lipinski definition) is 6. The van der Waals surface area contributed by atoms with Gasteiger partial charge in [0.2, 0.25) is 0 Å². The maximum absolute atomic E-state index is 12.4. The van der Waals surface area contributed by atoms with E-state index in [0.29, 0.717) is 31.8 Å². The summed E-state index contributed by atoms with van der Waals surface area (Å²) in [5.74, 6) is -0.433. The number of methoxy groups -OCH3 is 2. The highest BCUT2D eigenvalue weighted by Gasteiger charge is 2.65. The zero-order valence-electron chi connectivity index (χ0n) is 54.8. The molecular weight excluding hydrogens is 1190 g/mol. The molecule has 93 heavy (non-hydrogen) atoms. The van der Waals surface area contributed by atoms with Crippen LogP contribution in [0.25, 0.3) is 0 Å². The van der Waals surface area contributed by atoms with E-state index in [2.05, 4.69) is 9.47 Å². The zero-order chi connectivity index (χ0) is 64.3. The van der Waals surface area contributed by atoms with Crippen molar-refractivity contribution in [3.05, 3.63) is 0 Å². The Morgan fingerprint density at radius 3 is 1.08 bits per heavy atom. The molecule has 0 saturated heterocycles. The van der Waals surface area contributed by atoms with Crippen molar-refractivity contribution in [2.45, 2.75) is 349 Å². The van der Waals surface area contributed by atoms with Crippen LogP contribution in [-0.4, -0.2) is 130 Å². The van der Waals surface area contributed by atoms with Crippen LogP contribution in [0.4, 0.5) is 0 Å². The minimum Gasteiger partial charge on any atom is -0.481 e. The first-order chi connectivity index (χ1) is 38.3. The monoisotopic (exact) mass is 1350 g/mol. The first-order valence-corrected chi connectivity index (χ1v) is 31.2. The molecule has 5 unspecified atom stereocenters. The lowest BCUT2D eigenvalue weighted by atomic mass is 9.50. The Kier molecular flexibility index (Phi) is 63.7. The third-order valence-electron chi connectivity index (χ3n) is 18.4. The van der Waals surface area contributed by atoms with Crippen LogP contribution < -0.4 is 0 Å². The average Bonchev–Trinajstić information content (AvgIpc) is 1.21. The van der Waals surface area contributed by atoms with Gasteiger partial charge in [-0.15, -0.1) is 0 Å². The Labute approximate surface area is 573 Å². The van der Waals surface area contributed by atoms with Crippen molar-refractivity contribution in [2.24, 2.45) is 56.7 Å². The van der Waals surface area contributed by atoms with E-state index in [1.807, 2.05) is 104 Å². The Balaban J connectivity index is -0.0000000941. The molecule has 0 aromatic carbocycles. The molecule has 0 aromatic rings. The van der Waals surface area contributed by atoms with Gasteiger partial charge in [0, 0.05) is 25.9 Å². The number of aliphatic hydroxyl groups is 4. The molecule has 7 aliphatic carbocycles. The number of esters is 5. The van der Waals surface area contributed by atoms with Crippen LogP contribution in [0.5, 0.6) is 0 Å². The van der Waals surface area contributed by atoms with E-state index in [0.717, 1.165) is 115 Å². The molecular formula is C75H158O18. The molecule has 18 nitrogen and oxygen atoms in total. The maximum atomic E-state index is 12.4. The third kappa shape index (κ3) is 39.8. The number of hydrogen-bond acceptors (Lipinski definition) is 16. The Bertz CT molecular complexity index is 1920. The minimum absolute atomic E-state index is 0. The van der Waals surface area contributed by atoms with Crippen molar-refractivity contribution in [2.75, 3.05) is 40.6 Å². The van der Waals surface area contributed by atoms with E-state index in [1.54, 1.807) is 0 Å². The minimum atomic E-state index is -0.842. The largest absolute Gasteiger partial charge is 0.481 e. The smallest absolute Gasteiger partial charge is 0.312 e. The van der Waals surface area contributed by atoms with E-state index in [9.17, 15) is 43.8 Å². The molecule has 0 aromatic heterocycles. The SMILES string of the molecule is C.C.C.C.C.C.C.C.C.C.CCC(C)(C)C(=O)OC.CCC(C)(C)C(=O)OC.CCC(C)(C)C(=O)OC12CC3CC(O)(CC(O)(C3)C1)C2.CCC(C)(C)C(=O)OCCCCCCO.CCC(C)(C)C(=O)OCCO.O=C(O)C1CC2CCC1C2.O=C(O)C1CCCCC1. The molecule has 566 valence electrons. The van der Waals surface area contributed by atoms with Crippen LogP contribution in [0.3, 0.4) is 0 Å². The number of carbonyl (C=O) groups excluding carboxylic acids is 5. The molecule has 0 heterocycles. The van der Waals surface area contributed by atoms with Gasteiger partial charge in [-0.05, 0) is 190 Å². The van der Waals surface area contributed by atoms with Gasteiger partial charge in [-0.2, -0.15) is 0 Å². The molecule has 0 spiro atoms. The summed E-state index contributed by atoms with van der Waals surface area (Å²) in [5, 5.41) is 55.5. The summed E-state index contributed by atoms with van der Waals surface area (Å²) in [6.07, 6.45) is 21.2. The van der Waals surface area contributed by atoms with Crippen LogP contribution in [-0.2, 0) is 57.2 Å². The number of carboxylic acid groups (broad SMARTS) is 2. The van der Waals surface area contributed by atoms with E-state index in [4.69, 9.17) is 34.6 Å². The molecule has 5 atom stereocenters. The fourth-order valence-corrected chi connectivity index (χ4v) is 11.1. The van der Waals surface area contributed by atoms with Crippen LogP contribution >= 0.6 is 0 Å². The van der Waals surface area contributed by atoms with Gasteiger partial charge >= 0.3 is 41.8 Å². The lowest BCUT2D eigenvalue weighted by molar-refractivity contribution is -0.264. The summed E-state index contributed by atoms with van der Waals surface area (Å²) in [5.41, 5.74) is -4.24. The number of unbranched alkanes of at least 4 members (excludes halogenated alkanes) is 3.